The predicted molar refractivity (Wildman–Crippen MR) is 92.0 cm³/mol. The van der Waals surface area contributed by atoms with Gasteiger partial charge in [-0.25, -0.2) is 4.79 Å². The highest BCUT2D eigenvalue weighted by Crippen LogP contribution is 2.35. The fourth-order valence-electron chi connectivity index (χ4n) is 2.53. The Hall–Kier alpha value is -2.15. The first kappa shape index (κ1) is 18.2. The van der Waals surface area contributed by atoms with E-state index in [2.05, 4.69) is 10.6 Å². The summed E-state index contributed by atoms with van der Waals surface area (Å²) in [6.45, 7) is 1.90. The third-order valence-corrected chi connectivity index (χ3v) is 4.10. The zero-order chi connectivity index (χ0) is 17.5. The molecule has 2 N–H and O–H groups in total. The molecule has 3 amide bonds. The first-order chi connectivity index (χ1) is 11.5. The SMILES string of the molecule is COc1cc(OC)c(NC(=O)NCCC(=O)N2CCCC2)cc1Cl. The Balaban J connectivity index is 1.85. The van der Waals surface area contributed by atoms with Crippen LogP contribution in [0, 0.1) is 0 Å². The lowest BCUT2D eigenvalue weighted by Gasteiger charge is -2.16. The molecule has 1 heterocycles. The molecule has 24 heavy (non-hydrogen) atoms. The zero-order valence-corrected chi connectivity index (χ0v) is 14.6. The van der Waals surface area contributed by atoms with Crippen LogP contribution >= 0.6 is 11.6 Å². The molecule has 0 aliphatic carbocycles. The molecule has 0 atom stereocenters. The molecule has 1 aliphatic heterocycles. The molecule has 1 aliphatic rings. The van der Waals surface area contributed by atoms with Crippen molar-refractivity contribution >= 4 is 29.2 Å². The van der Waals surface area contributed by atoms with E-state index in [4.69, 9.17) is 21.1 Å². The molecule has 0 saturated carbocycles. The van der Waals surface area contributed by atoms with Crippen molar-refractivity contribution in [2.24, 2.45) is 0 Å². The van der Waals surface area contributed by atoms with Gasteiger partial charge in [-0.05, 0) is 18.9 Å². The van der Waals surface area contributed by atoms with Crippen LogP contribution in [0.4, 0.5) is 10.5 Å². The van der Waals surface area contributed by atoms with Gasteiger partial charge >= 0.3 is 6.03 Å². The number of nitrogens with zero attached hydrogens (tertiary/aromatic N) is 1. The van der Waals surface area contributed by atoms with E-state index >= 15 is 0 Å². The first-order valence-electron chi connectivity index (χ1n) is 7.79. The minimum absolute atomic E-state index is 0.0675. The van der Waals surface area contributed by atoms with E-state index in [1.165, 1.54) is 14.2 Å². The topological polar surface area (TPSA) is 79.9 Å². The van der Waals surface area contributed by atoms with Crippen molar-refractivity contribution in [2.45, 2.75) is 19.3 Å². The van der Waals surface area contributed by atoms with Gasteiger partial charge in [-0.1, -0.05) is 11.6 Å². The van der Waals surface area contributed by atoms with Crippen molar-refractivity contribution < 1.29 is 19.1 Å². The summed E-state index contributed by atoms with van der Waals surface area (Å²) in [5.74, 6) is 0.952. The van der Waals surface area contributed by atoms with Crippen molar-refractivity contribution in [3.63, 3.8) is 0 Å². The lowest BCUT2D eigenvalue weighted by molar-refractivity contribution is -0.129. The summed E-state index contributed by atoms with van der Waals surface area (Å²) in [4.78, 5) is 25.7. The molecule has 2 rings (SSSR count). The molecule has 0 bridgehead atoms. The van der Waals surface area contributed by atoms with Crippen LogP contribution in [0.15, 0.2) is 12.1 Å². The number of carbonyl (C=O) groups is 2. The van der Waals surface area contributed by atoms with E-state index in [0.29, 0.717) is 22.2 Å². The quantitative estimate of drug-likeness (QED) is 0.821. The fraction of sp³-hybridized carbons (Fsp3) is 0.500. The molecule has 0 unspecified atom stereocenters. The second kappa shape index (κ2) is 8.63. The van der Waals surface area contributed by atoms with Gasteiger partial charge in [0.25, 0.3) is 0 Å². The Morgan fingerprint density at radius 3 is 2.46 bits per heavy atom. The number of amides is 3. The normalized spacial score (nSPS) is 13.5. The van der Waals surface area contributed by atoms with Crippen molar-refractivity contribution in [3.8, 4) is 11.5 Å². The second-order valence-corrected chi connectivity index (χ2v) is 5.81. The van der Waals surface area contributed by atoms with Gasteiger partial charge < -0.3 is 25.0 Å². The van der Waals surface area contributed by atoms with E-state index in [0.717, 1.165) is 25.9 Å². The van der Waals surface area contributed by atoms with Gasteiger partial charge in [-0.3, -0.25) is 4.79 Å². The van der Waals surface area contributed by atoms with E-state index in [-0.39, 0.29) is 18.9 Å². The first-order valence-corrected chi connectivity index (χ1v) is 8.17. The summed E-state index contributed by atoms with van der Waals surface area (Å²) < 4.78 is 10.3. The molecule has 0 radical (unpaired) electrons. The molecule has 0 aromatic heterocycles. The molecule has 0 spiro atoms. The Morgan fingerprint density at radius 2 is 1.83 bits per heavy atom. The van der Waals surface area contributed by atoms with Crippen molar-refractivity contribution in [1.29, 1.82) is 0 Å². The summed E-state index contributed by atoms with van der Waals surface area (Å²) >= 11 is 6.06. The number of urea groups is 1. The van der Waals surface area contributed by atoms with E-state index in [1.54, 1.807) is 12.1 Å². The number of benzene rings is 1. The Kier molecular flexibility index (Phi) is 6.54. The number of carbonyl (C=O) groups excluding carboxylic acids is 2. The van der Waals surface area contributed by atoms with Crippen LogP contribution in [-0.4, -0.2) is 50.7 Å². The van der Waals surface area contributed by atoms with E-state index in [9.17, 15) is 9.59 Å². The number of rotatable bonds is 6. The van der Waals surface area contributed by atoms with Crippen LogP contribution in [-0.2, 0) is 4.79 Å². The predicted octanol–water partition coefficient (Wildman–Crippen LogP) is 2.49. The average molecular weight is 356 g/mol. The number of hydrogen-bond acceptors (Lipinski definition) is 4. The zero-order valence-electron chi connectivity index (χ0n) is 13.9. The number of anilines is 1. The number of hydrogen-bond donors (Lipinski definition) is 2. The number of ether oxygens (including phenoxy) is 2. The third kappa shape index (κ3) is 4.67. The van der Waals surface area contributed by atoms with Crippen LogP contribution in [0.2, 0.25) is 5.02 Å². The summed E-state index contributed by atoms with van der Waals surface area (Å²) in [7, 11) is 2.98. The van der Waals surface area contributed by atoms with Crippen LogP contribution in [0.1, 0.15) is 19.3 Å². The Bertz CT molecular complexity index is 603. The minimum Gasteiger partial charge on any atom is -0.495 e. The van der Waals surface area contributed by atoms with Crippen molar-refractivity contribution in [2.75, 3.05) is 39.2 Å². The van der Waals surface area contributed by atoms with Gasteiger partial charge in [0.15, 0.2) is 0 Å². The molecular weight excluding hydrogens is 334 g/mol. The number of methoxy groups -OCH3 is 2. The number of nitrogens with one attached hydrogen (secondary N) is 2. The maximum absolute atomic E-state index is 12.0. The van der Waals surface area contributed by atoms with Crippen LogP contribution in [0.3, 0.4) is 0 Å². The van der Waals surface area contributed by atoms with Crippen molar-refractivity contribution in [3.05, 3.63) is 17.2 Å². The average Bonchev–Trinajstić information content (AvgIpc) is 3.09. The highest BCUT2D eigenvalue weighted by Gasteiger charge is 2.17. The van der Waals surface area contributed by atoms with E-state index in [1.807, 2.05) is 4.90 Å². The summed E-state index contributed by atoms with van der Waals surface area (Å²) in [5.41, 5.74) is 0.423. The largest absolute Gasteiger partial charge is 0.495 e. The van der Waals surface area contributed by atoms with Gasteiger partial charge in [-0.2, -0.15) is 0 Å². The molecule has 1 aromatic carbocycles. The second-order valence-electron chi connectivity index (χ2n) is 5.41. The third-order valence-electron chi connectivity index (χ3n) is 3.81. The van der Waals surface area contributed by atoms with Gasteiger partial charge in [0, 0.05) is 32.1 Å². The molecule has 1 aromatic rings. The van der Waals surface area contributed by atoms with Gasteiger partial charge in [-0.15, -0.1) is 0 Å². The molecule has 7 nitrogen and oxygen atoms in total. The smallest absolute Gasteiger partial charge is 0.319 e. The summed E-state index contributed by atoms with van der Waals surface area (Å²) in [6, 6.07) is 2.71. The van der Waals surface area contributed by atoms with Crippen LogP contribution < -0.4 is 20.1 Å². The Morgan fingerprint density at radius 1 is 1.17 bits per heavy atom. The lowest BCUT2D eigenvalue weighted by Crippen LogP contribution is -2.34. The number of likely N-dealkylation sites (tertiary alicyclic amines) is 1. The fourth-order valence-corrected chi connectivity index (χ4v) is 2.77. The van der Waals surface area contributed by atoms with Crippen LogP contribution in [0.5, 0.6) is 11.5 Å². The molecule has 1 fully saturated rings. The number of halogens is 1. The van der Waals surface area contributed by atoms with Gasteiger partial charge in [0.1, 0.15) is 11.5 Å². The van der Waals surface area contributed by atoms with Gasteiger partial charge in [0.2, 0.25) is 5.91 Å². The molecular formula is C16H22ClN3O4. The maximum Gasteiger partial charge on any atom is 0.319 e. The summed E-state index contributed by atoms with van der Waals surface area (Å²) in [5, 5.41) is 5.67. The monoisotopic (exact) mass is 355 g/mol. The molecule has 1 saturated heterocycles. The van der Waals surface area contributed by atoms with Gasteiger partial charge in [0.05, 0.1) is 24.9 Å². The van der Waals surface area contributed by atoms with E-state index < -0.39 is 6.03 Å². The lowest BCUT2D eigenvalue weighted by atomic mass is 10.2. The highest BCUT2D eigenvalue weighted by molar-refractivity contribution is 6.32. The van der Waals surface area contributed by atoms with Crippen molar-refractivity contribution in [1.82, 2.24) is 10.2 Å². The standard InChI is InChI=1S/C16H22ClN3O4/c1-23-13-10-14(24-2)12(9-11(13)17)19-16(22)18-6-5-15(21)20-7-3-4-8-20/h9-10H,3-8H2,1-2H3,(H2,18,19,22). The molecule has 8 heteroatoms. The minimum atomic E-state index is -0.427. The van der Waals surface area contributed by atoms with Crippen LogP contribution in [0.25, 0.3) is 0 Å². The Labute approximate surface area is 146 Å². The maximum atomic E-state index is 12.0. The molecule has 132 valence electrons. The highest BCUT2D eigenvalue weighted by atomic mass is 35.5. The summed E-state index contributed by atoms with van der Waals surface area (Å²) in [6.07, 6.45) is 2.39.